The summed E-state index contributed by atoms with van der Waals surface area (Å²) in [6.07, 6.45) is 0. The number of hydrogen-bond acceptors (Lipinski definition) is 3. The largest absolute Gasteiger partial charge is 0.325 e. The van der Waals surface area contributed by atoms with Crippen LogP contribution in [0.4, 0.5) is 0 Å². The summed E-state index contributed by atoms with van der Waals surface area (Å²) in [7, 11) is 0. The number of aryl methyl sites for hydroxylation is 1. The molecule has 0 atom stereocenters. The fourth-order valence-electron chi connectivity index (χ4n) is 1.31. The minimum absolute atomic E-state index is 0.506. The molecule has 0 spiro atoms. The average Bonchev–Trinajstić information content (AvgIpc) is 2.70. The molecule has 0 saturated heterocycles. The Balaban J connectivity index is 2.40. The van der Waals surface area contributed by atoms with Crippen molar-refractivity contribution < 1.29 is 0 Å². The van der Waals surface area contributed by atoms with Crippen LogP contribution in [0.5, 0.6) is 0 Å². The van der Waals surface area contributed by atoms with Crippen LogP contribution in [-0.2, 0) is 6.54 Å². The van der Waals surface area contributed by atoms with Gasteiger partial charge in [-0.15, -0.1) is 11.3 Å². The molecule has 1 aromatic heterocycles. The number of hydrogen-bond donors (Lipinski definition) is 1. The van der Waals surface area contributed by atoms with Crippen LogP contribution in [0.1, 0.15) is 11.3 Å². The third kappa shape index (κ3) is 2.27. The first-order chi connectivity index (χ1) is 7.20. The van der Waals surface area contributed by atoms with Gasteiger partial charge in [-0.25, -0.2) is 4.98 Å². The zero-order valence-corrected chi connectivity index (χ0v) is 10.7. The highest BCUT2D eigenvalue weighted by atomic mass is 79.9. The highest BCUT2D eigenvalue weighted by Gasteiger charge is 2.04. The fourth-order valence-corrected chi connectivity index (χ4v) is 2.39. The second-order valence-corrected chi connectivity index (χ2v) is 5.02. The summed E-state index contributed by atoms with van der Waals surface area (Å²) in [5.74, 6) is 0. The first kappa shape index (κ1) is 10.8. The van der Waals surface area contributed by atoms with E-state index >= 15 is 0 Å². The van der Waals surface area contributed by atoms with Crippen LogP contribution >= 0.6 is 27.3 Å². The van der Waals surface area contributed by atoms with Gasteiger partial charge in [0.1, 0.15) is 5.01 Å². The van der Waals surface area contributed by atoms with Crippen molar-refractivity contribution in [1.82, 2.24) is 4.98 Å². The maximum absolute atomic E-state index is 5.53. The summed E-state index contributed by atoms with van der Waals surface area (Å²) in [6.45, 7) is 2.58. The van der Waals surface area contributed by atoms with Gasteiger partial charge in [0, 0.05) is 22.0 Å². The van der Waals surface area contributed by atoms with E-state index in [4.69, 9.17) is 5.73 Å². The number of aromatic nitrogens is 1. The Morgan fingerprint density at radius 3 is 2.87 bits per heavy atom. The van der Waals surface area contributed by atoms with Gasteiger partial charge in [-0.1, -0.05) is 22.0 Å². The van der Waals surface area contributed by atoms with Crippen molar-refractivity contribution in [3.8, 4) is 10.6 Å². The Morgan fingerprint density at radius 1 is 1.47 bits per heavy atom. The highest BCUT2D eigenvalue weighted by Crippen LogP contribution is 2.27. The quantitative estimate of drug-likeness (QED) is 0.918. The van der Waals surface area contributed by atoms with Crippen molar-refractivity contribution in [2.45, 2.75) is 13.5 Å². The third-order valence-corrected chi connectivity index (χ3v) is 4.00. The van der Waals surface area contributed by atoms with E-state index in [0.29, 0.717) is 6.54 Å². The molecule has 15 heavy (non-hydrogen) atoms. The molecular weight excluding hydrogens is 272 g/mol. The van der Waals surface area contributed by atoms with Gasteiger partial charge in [-0.2, -0.15) is 0 Å². The maximum atomic E-state index is 5.53. The highest BCUT2D eigenvalue weighted by molar-refractivity contribution is 9.10. The van der Waals surface area contributed by atoms with Crippen LogP contribution < -0.4 is 5.73 Å². The van der Waals surface area contributed by atoms with Gasteiger partial charge in [-0.05, 0) is 24.6 Å². The van der Waals surface area contributed by atoms with Crippen molar-refractivity contribution in [2.24, 2.45) is 5.73 Å². The van der Waals surface area contributed by atoms with E-state index in [0.717, 1.165) is 20.7 Å². The van der Waals surface area contributed by atoms with Gasteiger partial charge >= 0.3 is 0 Å². The van der Waals surface area contributed by atoms with E-state index in [9.17, 15) is 0 Å². The molecule has 0 radical (unpaired) electrons. The Hall–Kier alpha value is -0.710. The van der Waals surface area contributed by atoms with E-state index in [1.165, 1.54) is 5.56 Å². The summed E-state index contributed by atoms with van der Waals surface area (Å²) in [5, 5.41) is 3.04. The monoisotopic (exact) mass is 282 g/mol. The van der Waals surface area contributed by atoms with Crippen LogP contribution in [0.3, 0.4) is 0 Å². The van der Waals surface area contributed by atoms with E-state index in [-0.39, 0.29) is 0 Å². The summed E-state index contributed by atoms with van der Waals surface area (Å²) in [4.78, 5) is 4.45. The number of nitrogens with two attached hydrogens (primary N) is 1. The number of thiazole rings is 1. The van der Waals surface area contributed by atoms with E-state index in [1.807, 2.05) is 11.4 Å². The topological polar surface area (TPSA) is 38.9 Å². The molecule has 2 aromatic rings. The first-order valence-corrected chi connectivity index (χ1v) is 6.29. The molecule has 1 heterocycles. The molecule has 0 aliphatic rings. The molecule has 78 valence electrons. The van der Waals surface area contributed by atoms with Crippen molar-refractivity contribution in [1.29, 1.82) is 0 Å². The van der Waals surface area contributed by atoms with Crippen molar-refractivity contribution >= 4 is 27.3 Å². The summed E-state index contributed by atoms with van der Waals surface area (Å²) in [5.41, 5.74) is 8.86. The summed E-state index contributed by atoms with van der Waals surface area (Å²) >= 11 is 5.12. The summed E-state index contributed by atoms with van der Waals surface area (Å²) in [6, 6.07) is 6.24. The molecule has 2 rings (SSSR count). The smallest absolute Gasteiger partial charge is 0.123 e. The Labute approximate surface area is 101 Å². The fraction of sp³-hybridized carbons (Fsp3) is 0.182. The second-order valence-electron chi connectivity index (χ2n) is 3.31. The summed E-state index contributed by atoms with van der Waals surface area (Å²) < 4.78 is 1.13. The molecule has 0 saturated carbocycles. The normalized spacial score (nSPS) is 10.6. The van der Waals surface area contributed by atoms with Crippen molar-refractivity contribution in [3.63, 3.8) is 0 Å². The van der Waals surface area contributed by atoms with E-state index < -0.39 is 0 Å². The molecule has 0 amide bonds. The molecule has 2 nitrogen and oxygen atoms in total. The van der Waals surface area contributed by atoms with E-state index in [1.54, 1.807) is 11.3 Å². The number of halogens is 1. The lowest BCUT2D eigenvalue weighted by molar-refractivity contribution is 1.01. The third-order valence-electron chi connectivity index (χ3n) is 2.17. The van der Waals surface area contributed by atoms with Crippen LogP contribution in [0.25, 0.3) is 10.6 Å². The molecule has 0 unspecified atom stereocenters. The number of rotatable bonds is 2. The molecule has 0 fully saturated rings. The van der Waals surface area contributed by atoms with Crippen LogP contribution in [-0.4, -0.2) is 4.98 Å². The Kier molecular flexibility index (Phi) is 3.19. The minimum Gasteiger partial charge on any atom is -0.325 e. The van der Waals surface area contributed by atoms with Gasteiger partial charge < -0.3 is 5.73 Å². The van der Waals surface area contributed by atoms with Gasteiger partial charge in [0.2, 0.25) is 0 Å². The molecule has 1 aromatic carbocycles. The lowest BCUT2D eigenvalue weighted by atomic mass is 10.1. The zero-order valence-electron chi connectivity index (χ0n) is 8.33. The van der Waals surface area contributed by atoms with E-state index in [2.05, 4.69) is 40.0 Å². The minimum atomic E-state index is 0.506. The number of benzene rings is 1. The van der Waals surface area contributed by atoms with Gasteiger partial charge in [0.25, 0.3) is 0 Å². The Morgan fingerprint density at radius 2 is 2.27 bits per heavy atom. The zero-order chi connectivity index (χ0) is 10.8. The second kappa shape index (κ2) is 4.43. The molecule has 0 aliphatic carbocycles. The van der Waals surface area contributed by atoms with Crippen LogP contribution in [0, 0.1) is 6.92 Å². The lowest BCUT2D eigenvalue weighted by Gasteiger charge is -2.00. The van der Waals surface area contributed by atoms with Crippen molar-refractivity contribution in [3.05, 3.63) is 39.3 Å². The standard InChI is InChI=1S/C11H11BrN2S/c1-7-4-8(2-3-10(7)12)11-14-9(5-13)6-15-11/h2-4,6H,5,13H2,1H3. The van der Waals surface area contributed by atoms with Crippen LogP contribution in [0.15, 0.2) is 28.1 Å². The predicted molar refractivity (Wildman–Crippen MR) is 67.9 cm³/mol. The number of nitrogens with zero attached hydrogens (tertiary/aromatic N) is 1. The lowest BCUT2D eigenvalue weighted by Crippen LogP contribution is -1.95. The molecule has 0 aliphatic heterocycles. The molecule has 4 heteroatoms. The molecule has 0 bridgehead atoms. The average molecular weight is 283 g/mol. The van der Waals surface area contributed by atoms with Gasteiger partial charge in [0.05, 0.1) is 5.69 Å². The van der Waals surface area contributed by atoms with Gasteiger partial charge in [-0.3, -0.25) is 0 Å². The molecular formula is C11H11BrN2S. The first-order valence-electron chi connectivity index (χ1n) is 4.61. The van der Waals surface area contributed by atoms with Crippen LogP contribution in [0.2, 0.25) is 0 Å². The molecule has 2 N–H and O–H groups in total. The predicted octanol–water partition coefficient (Wildman–Crippen LogP) is 3.34. The van der Waals surface area contributed by atoms with Gasteiger partial charge in [0.15, 0.2) is 0 Å². The Bertz CT molecular complexity index is 479. The maximum Gasteiger partial charge on any atom is 0.123 e. The van der Waals surface area contributed by atoms with Crippen molar-refractivity contribution in [2.75, 3.05) is 0 Å². The SMILES string of the molecule is Cc1cc(-c2nc(CN)cs2)ccc1Br.